The Hall–Kier alpha value is -2.11. The average molecular weight is 205 g/mol. The van der Waals surface area contributed by atoms with Crippen LogP contribution in [0, 0.1) is 0 Å². The molecule has 2 rings (SSSR count). The number of aromatic amines is 1. The van der Waals surface area contributed by atoms with Crippen LogP contribution in [0.15, 0.2) is 18.5 Å². The second-order valence-corrected chi connectivity index (χ2v) is 3.12. The molecule has 0 bridgehead atoms. The molecule has 1 amide bonds. The van der Waals surface area contributed by atoms with Gasteiger partial charge in [0.25, 0.3) is 5.91 Å². The molecule has 0 aliphatic rings. The van der Waals surface area contributed by atoms with E-state index >= 15 is 0 Å². The predicted molar refractivity (Wildman–Crippen MR) is 54.0 cm³/mol. The Morgan fingerprint density at radius 2 is 2.47 bits per heavy atom. The molecule has 2 aromatic heterocycles. The topological polar surface area (TPSA) is 89.6 Å². The molecule has 0 saturated carbocycles. The van der Waals surface area contributed by atoms with Crippen molar-refractivity contribution in [2.24, 2.45) is 5.73 Å². The molecule has 0 aromatic carbocycles. The van der Waals surface area contributed by atoms with Crippen LogP contribution in [0.3, 0.4) is 0 Å². The lowest BCUT2D eigenvalue weighted by Crippen LogP contribution is -2.10. The summed E-state index contributed by atoms with van der Waals surface area (Å²) in [5.74, 6) is -0.517. The van der Waals surface area contributed by atoms with E-state index < -0.39 is 5.91 Å². The maximum Gasteiger partial charge on any atom is 0.266 e. The van der Waals surface area contributed by atoms with Gasteiger partial charge < -0.3 is 5.73 Å². The number of carbonyl (C=O) groups excluding carboxylic acids is 1. The Balaban J connectivity index is 2.32. The summed E-state index contributed by atoms with van der Waals surface area (Å²) in [5.41, 5.74) is 6.94. The Bertz CT molecular complexity index is 484. The first kappa shape index (κ1) is 9.45. The highest BCUT2D eigenvalue weighted by molar-refractivity contribution is 5.91. The fourth-order valence-electron chi connectivity index (χ4n) is 1.26. The number of nitrogens with two attached hydrogens (primary N) is 1. The first-order valence-electron chi connectivity index (χ1n) is 4.58. The Morgan fingerprint density at radius 3 is 3.00 bits per heavy atom. The highest BCUT2D eigenvalue weighted by Crippen LogP contribution is 2.16. The van der Waals surface area contributed by atoms with Crippen LogP contribution in [0.4, 0.5) is 0 Å². The Labute approximate surface area is 86.1 Å². The van der Waals surface area contributed by atoms with Gasteiger partial charge in [0.15, 0.2) is 0 Å². The monoisotopic (exact) mass is 205 g/mol. The minimum absolute atomic E-state index is 0.300. The lowest BCUT2D eigenvalue weighted by atomic mass is 10.2. The van der Waals surface area contributed by atoms with Gasteiger partial charge in [0.05, 0.1) is 11.9 Å². The fraction of sp³-hybridized carbons (Fsp3) is 0.222. The number of rotatable bonds is 3. The van der Waals surface area contributed by atoms with Crippen LogP contribution in [0.1, 0.15) is 17.4 Å². The fourth-order valence-corrected chi connectivity index (χ4v) is 1.26. The third kappa shape index (κ3) is 1.74. The molecule has 0 aliphatic heterocycles. The van der Waals surface area contributed by atoms with Crippen LogP contribution in [-0.4, -0.2) is 25.9 Å². The highest BCUT2D eigenvalue weighted by Gasteiger charge is 2.08. The normalized spacial score (nSPS) is 10.5. The Morgan fingerprint density at radius 1 is 1.67 bits per heavy atom. The summed E-state index contributed by atoms with van der Waals surface area (Å²) in [4.78, 5) is 10.8. The molecular weight excluding hydrogens is 194 g/mol. The maximum atomic E-state index is 10.8. The largest absolute Gasteiger partial charge is 0.364 e. The van der Waals surface area contributed by atoms with Crippen LogP contribution in [0.2, 0.25) is 0 Å². The summed E-state index contributed by atoms with van der Waals surface area (Å²) in [5, 5.41) is 10.7. The molecule has 0 unspecified atom stereocenters. The highest BCUT2D eigenvalue weighted by atomic mass is 16.1. The first-order valence-corrected chi connectivity index (χ1v) is 4.58. The lowest BCUT2D eigenvalue weighted by Gasteiger charge is -1.90. The van der Waals surface area contributed by atoms with Crippen molar-refractivity contribution in [3.63, 3.8) is 0 Å². The summed E-state index contributed by atoms with van der Waals surface area (Å²) in [7, 11) is 0. The molecule has 2 heterocycles. The quantitative estimate of drug-likeness (QED) is 0.759. The SMILES string of the molecule is CCn1cc(-c2cc(C(N)=O)[nH]n2)cn1. The molecule has 2 aromatic rings. The number of carbonyl (C=O) groups is 1. The zero-order valence-corrected chi connectivity index (χ0v) is 8.27. The van der Waals surface area contributed by atoms with Crippen molar-refractivity contribution < 1.29 is 4.79 Å². The van der Waals surface area contributed by atoms with E-state index in [9.17, 15) is 4.79 Å². The second kappa shape index (κ2) is 3.56. The van der Waals surface area contributed by atoms with Gasteiger partial charge in [-0.2, -0.15) is 10.2 Å². The minimum Gasteiger partial charge on any atom is -0.364 e. The van der Waals surface area contributed by atoms with E-state index in [-0.39, 0.29) is 0 Å². The van der Waals surface area contributed by atoms with E-state index in [2.05, 4.69) is 15.3 Å². The van der Waals surface area contributed by atoms with Crippen LogP contribution in [-0.2, 0) is 6.54 Å². The summed E-state index contributed by atoms with van der Waals surface area (Å²) in [6, 6.07) is 1.61. The molecular formula is C9H11N5O. The van der Waals surface area contributed by atoms with Crippen molar-refractivity contribution >= 4 is 5.91 Å². The van der Waals surface area contributed by atoms with Gasteiger partial charge in [-0.1, -0.05) is 0 Å². The smallest absolute Gasteiger partial charge is 0.266 e. The summed E-state index contributed by atoms with van der Waals surface area (Å²) in [6.45, 7) is 2.79. The molecule has 0 aliphatic carbocycles. The van der Waals surface area contributed by atoms with Crippen LogP contribution in [0.25, 0.3) is 11.3 Å². The number of primary amides is 1. The van der Waals surface area contributed by atoms with Crippen molar-refractivity contribution in [3.8, 4) is 11.3 Å². The van der Waals surface area contributed by atoms with E-state index in [4.69, 9.17) is 5.73 Å². The maximum absolute atomic E-state index is 10.8. The number of amides is 1. The molecule has 6 heteroatoms. The third-order valence-electron chi connectivity index (χ3n) is 2.10. The van der Waals surface area contributed by atoms with E-state index in [0.29, 0.717) is 11.4 Å². The predicted octanol–water partition coefficient (Wildman–Crippen LogP) is 0.392. The first-order chi connectivity index (χ1) is 7.20. The standard InChI is InChI=1S/C9H11N5O/c1-2-14-5-6(4-11-14)7-3-8(9(10)15)13-12-7/h3-5H,2H2,1H3,(H2,10,15)(H,12,13). The van der Waals surface area contributed by atoms with Gasteiger partial charge in [0, 0.05) is 18.3 Å². The summed E-state index contributed by atoms with van der Waals surface area (Å²) < 4.78 is 1.79. The van der Waals surface area contributed by atoms with Crippen LogP contribution < -0.4 is 5.73 Å². The average Bonchev–Trinajstić information content (AvgIpc) is 2.86. The summed E-state index contributed by atoms with van der Waals surface area (Å²) in [6.07, 6.45) is 3.56. The van der Waals surface area contributed by atoms with Gasteiger partial charge in [-0.25, -0.2) is 0 Å². The van der Waals surface area contributed by atoms with Crippen molar-refractivity contribution in [2.45, 2.75) is 13.5 Å². The molecule has 0 saturated heterocycles. The molecule has 78 valence electrons. The Kier molecular flexibility index (Phi) is 2.24. The van der Waals surface area contributed by atoms with Gasteiger partial charge in [-0.15, -0.1) is 0 Å². The van der Waals surface area contributed by atoms with E-state index in [1.807, 2.05) is 13.1 Å². The zero-order chi connectivity index (χ0) is 10.8. The number of aromatic nitrogens is 4. The van der Waals surface area contributed by atoms with Crippen molar-refractivity contribution in [2.75, 3.05) is 0 Å². The molecule has 0 fully saturated rings. The lowest BCUT2D eigenvalue weighted by molar-refractivity contribution is 0.0995. The third-order valence-corrected chi connectivity index (χ3v) is 2.10. The second-order valence-electron chi connectivity index (χ2n) is 3.12. The molecule has 15 heavy (non-hydrogen) atoms. The number of nitrogens with one attached hydrogen (secondary N) is 1. The molecule has 3 N–H and O–H groups in total. The number of aryl methyl sites for hydroxylation is 1. The van der Waals surface area contributed by atoms with Gasteiger partial charge in [0.1, 0.15) is 5.69 Å². The van der Waals surface area contributed by atoms with E-state index in [1.165, 1.54) is 0 Å². The van der Waals surface area contributed by atoms with Gasteiger partial charge >= 0.3 is 0 Å². The van der Waals surface area contributed by atoms with Gasteiger partial charge in [-0.3, -0.25) is 14.6 Å². The molecule has 0 radical (unpaired) electrons. The molecule has 0 spiro atoms. The van der Waals surface area contributed by atoms with Crippen LogP contribution in [0.5, 0.6) is 0 Å². The van der Waals surface area contributed by atoms with E-state index in [1.54, 1.807) is 16.9 Å². The van der Waals surface area contributed by atoms with Gasteiger partial charge in [0.2, 0.25) is 0 Å². The number of hydrogen-bond donors (Lipinski definition) is 2. The van der Waals surface area contributed by atoms with E-state index in [0.717, 1.165) is 12.1 Å². The minimum atomic E-state index is -0.517. The van der Waals surface area contributed by atoms with Crippen molar-refractivity contribution in [1.29, 1.82) is 0 Å². The zero-order valence-electron chi connectivity index (χ0n) is 8.27. The van der Waals surface area contributed by atoms with Crippen LogP contribution >= 0.6 is 0 Å². The molecule has 6 nitrogen and oxygen atoms in total. The number of H-pyrrole nitrogens is 1. The van der Waals surface area contributed by atoms with Gasteiger partial charge in [-0.05, 0) is 13.0 Å². The van der Waals surface area contributed by atoms with Crippen molar-refractivity contribution in [3.05, 3.63) is 24.2 Å². The van der Waals surface area contributed by atoms with Crippen molar-refractivity contribution in [1.82, 2.24) is 20.0 Å². The molecule has 0 atom stereocenters. The number of nitrogens with zero attached hydrogens (tertiary/aromatic N) is 3. The summed E-state index contributed by atoms with van der Waals surface area (Å²) >= 11 is 0. The number of hydrogen-bond acceptors (Lipinski definition) is 3.